The highest BCUT2D eigenvalue weighted by molar-refractivity contribution is 5.97. The zero-order valence-electron chi connectivity index (χ0n) is 15.2. The van der Waals surface area contributed by atoms with Crippen molar-refractivity contribution in [2.75, 3.05) is 25.1 Å². The third-order valence-corrected chi connectivity index (χ3v) is 5.56. The standard InChI is InChI=1S/C19H22FN3O4/c1-9-6-22(8-14(9)21)16-13(20)5-11-15(18(16)27-2)23(10-3-4-10)7-12(17(11)24)19(25)26/h5,7,9-10,14H,3-4,6,8,21H2,1-2H3,(H,25,26)/t9-,14-/m1/s1. The molecule has 0 amide bonds. The van der Waals surface area contributed by atoms with E-state index in [1.807, 2.05) is 11.8 Å². The minimum atomic E-state index is -1.32. The van der Waals surface area contributed by atoms with Gasteiger partial charge in [0, 0.05) is 31.4 Å². The van der Waals surface area contributed by atoms with Gasteiger partial charge < -0.3 is 25.0 Å². The van der Waals surface area contributed by atoms with E-state index in [9.17, 15) is 14.7 Å². The number of benzene rings is 1. The average Bonchev–Trinajstić information content (AvgIpc) is 3.40. The molecule has 27 heavy (non-hydrogen) atoms. The predicted molar refractivity (Wildman–Crippen MR) is 99.3 cm³/mol. The molecule has 8 heteroatoms. The van der Waals surface area contributed by atoms with E-state index < -0.39 is 17.2 Å². The summed E-state index contributed by atoms with van der Waals surface area (Å²) in [4.78, 5) is 26.0. The Hall–Kier alpha value is -2.61. The summed E-state index contributed by atoms with van der Waals surface area (Å²) in [5.74, 6) is -1.47. The predicted octanol–water partition coefficient (Wildman–Crippen LogP) is 1.97. The van der Waals surface area contributed by atoms with Gasteiger partial charge in [-0.1, -0.05) is 6.92 Å². The summed E-state index contributed by atoms with van der Waals surface area (Å²) < 4.78 is 22.4. The number of rotatable bonds is 4. The fourth-order valence-electron chi connectivity index (χ4n) is 3.90. The number of carboxylic acids is 1. The zero-order valence-corrected chi connectivity index (χ0v) is 15.2. The second-order valence-electron chi connectivity index (χ2n) is 7.50. The van der Waals surface area contributed by atoms with E-state index in [0.717, 1.165) is 18.9 Å². The molecule has 1 saturated heterocycles. The summed E-state index contributed by atoms with van der Waals surface area (Å²) in [5, 5.41) is 9.40. The monoisotopic (exact) mass is 375 g/mol. The lowest BCUT2D eigenvalue weighted by molar-refractivity contribution is 0.0695. The van der Waals surface area contributed by atoms with Gasteiger partial charge in [-0.05, 0) is 24.8 Å². The van der Waals surface area contributed by atoms with Crippen LogP contribution in [0.15, 0.2) is 17.1 Å². The van der Waals surface area contributed by atoms with Crippen LogP contribution in [0.3, 0.4) is 0 Å². The van der Waals surface area contributed by atoms with Gasteiger partial charge in [0.25, 0.3) is 0 Å². The van der Waals surface area contributed by atoms with Crippen molar-refractivity contribution in [3.63, 3.8) is 0 Å². The molecule has 1 aliphatic carbocycles. The van der Waals surface area contributed by atoms with Gasteiger partial charge in [0.15, 0.2) is 11.6 Å². The van der Waals surface area contributed by atoms with Crippen LogP contribution in [-0.4, -0.2) is 41.9 Å². The van der Waals surface area contributed by atoms with Crippen LogP contribution in [-0.2, 0) is 0 Å². The molecule has 2 heterocycles. The van der Waals surface area contributed by atoms with Crippen molar-refractivity contribution in [3.8, 4) is 5.75 Å². The van der Waals surface area contributed by atoms with Crippen LogP contribution in [0.5, 0.6) is 5.75 Å². The molecule has 1 aromatic carbocycles. The van der Waals surface area contributed by atoms with E-state index in [4.69, 9.17) is 10.5 Å². The van der Waals surface area contributed by atoms with E-state index in [0.29, 0.717) is 18.6 Å². The lowest BCUT2D eigenvalue weighted by atomic mass is 10.1. The number of hydrogen-bond donors (Lipinski definition) is 2. The summed E-state index contributed by atoms with van der Waals surface area (Å²) >= 11 is 0. The van der Waals surface area contributed by atoms with Crippen molar-refractivity contribution < 1.29 is 19.0 Å². The molecule has 3 N–H and O–H groups in total. The van der Waals surface area contributed by atoms with Crippen LogP contribution in [0, 0.1) is 11.7 Å². The van der Waals surface area contributed by atoms with Gasteiger partial charge in [0.1, 0.15) is 11.3 Å². The summed E-state index contributed by atoms with van der Waals surface area (Å²) in [6.45, 7) is 3.08. The summed E-state index contributed by atoms with van der Waals surface area (Å²) in [7, 11) is 1.43. The van der Waals surface area contributed by atoms with Gasteiger partial charge in [0.05, 0.1) is 18.0 Å². The number of halogens is 1. The Kier molecular flexibility index (Phi) is 4.10. The molecule has 1 saturated carbocycles. The first-order valence-corrected chi connectivity index (χ1v) is 9.02. The van der Waals surface area contributed by atoms with Gasteiger partial charge in [-0.15, -0.1) is 0 Å². The Bertz CT molecular complexity index is 989. The van der Waals surface area contributed by atoms with E-state index in [-0.39, 0.29) is 40.4 Å². The third kappa shape index (κ3) is 2.75. The van der Waals surface area contributed by atoms with Gasteiger partial charge in [0.2, 0.25) is 5.43 Å². The lowest BCUT2D eigenvalue weighted by Gasteiger charge is -2.24. The molecule has 0 unspecified atom stereocenters. The minimum absolute atomic E-state index is 0.0245. The first kappa shape index (κ1) is 17.8. The molecule has 7 nitrogen and oxygen atoms in total. The number of aromatic carboxylic acids is 1. The highest BCUT2D eigenvalue weighted by Crippen LogP contribution is 2.44. The number of anilines is 1. The van der Waals surface area contributed by atoms with Crippen molar-refractivity contribution in [3.05, 3.63) is 33.9 Å². The number of methoxy groups -OCH3 is 1. The van der Waals surface area contributed by atoms with Crippen LogP contribution in [0.1, 0.15) is 36.2 Å². The van der Waals surface area contributed by atoms with E-state index in [1.54, 1.807) is 4.57 Å². The number of ether oxygens (including phenoxy) is 1. The lowest BCUT2D eigenvalue weighted by Crippen LogP contribution is -2.29. The maximum absolute atomic E-state index is 15.1. The van der Waals surface area contributed by atoms with Crippen molar-refractivity contribution in [2.24, 2.45) is 11.7 Å². The Morgan fingerprint density at radius 2 is 2.07 bits per heavy atom. The zero-order chi connectivity index (χ0) is 19.5. The molecule has 2 fully saturated rings. The van der Waals surface area contributed by atoms with Crippen LogP contribution in [0.4, 0.5) is 10.1 Å². The first-order valence-electron chi connectivity index (χ1n) is 9.02. The number of pyridine rings is 1. The van der Waals surface area contributed by atoms with Crippen molar-refractivity contribution in [2.45, 2.75) is 31.8 Å². The number of hydrogen-bond acceptors (Lipinski definition) is 5. The second-order valence-corrected chi connectivity index (χ2v) is 7.50. The SMILES string of the molecule is COc1c(N2C[C@@H](C)[C@H](N)C2)c(F)cc2c(=O)c(C(=O)O)cn(C3CC3)c12. The molecule has 1 aliphatic heterocycles. The second kappa shape index (κ2) is 6.23. The number of nitrogens with zero attached hydrogens (tertiary/aromatic N) is 2. The van der Waals surface area contributed by atoms with Crippen molar-refractivity contribution in [1.82, 2.24) is 4.57 Å². The number of fused-ring (bicyclic) bond motifs is 1. The molecule has 0 radical (unpaired) electrons. The quantitative estimate of drug-likeness (QED) is 0.848. The highest BCUT2D eigenvalue weighted by atomic mass is 19.1. The van der Waals surface area contributed by atoms with Crippen LogP contribution >= 0.6 is 0 Å². The molecule has 1 aromatic heterocycles. The minimum Gasteiger partial charge on any atom is -0.492 e. The van der Waals surface area contributed by atoms with Crippen molar-refractivity contribution in [1.29, 1.82) is 0 Å². The molecular weight excluding hydrogens is 353 g/mol. The van der Waals surface area contributed by atoms with Crippen LogP contribution in [0.25, 0.3) is 10.9 Å². The fraction of sp³-hybridized carbons (Fsp3) is 0.474. The first-order chi connectivity index (χ1) is 12.8. The molecule has 2 aliphatic rings. The number of carbonyl (C=O) groups is 1. The molecule has 2 aromatic rings. The topological polar surface area (TPSA) is 97.8 Å². The largest absolute Gasteiger partial charge is 0.492 e. The normalized spacial score (nSPS) is 22.4. The van der Waals surface area contributed by atoms with Crippen LogP contribution in [0.2, 0.25) is 0 Å². The molecule has 4 rings (SSSR count). The number of aromatic nitrogens is 1. The van der Waals surface area contributed by atoms with Gasteiger partial charge in [-0.25, -0.2) is 9.18 Å². The van der Waals surface area contributed by atoms with E-state index >= 15 is 4.39 Å². The fourth-order valence-corrected chi connectivity index (χ4v) is 3.90. The maximum atomic E-state index is 15.1. The van der Waals surface area contributed by atoms with Gasteiger partial charge in [-0.3, -0.25) is 4.79 Å². The van der Waals surface area contributed by atoms with Crippen LogP contribution < -0.4 is 20.8 Å². The van der Waals surface area contributed by atoms with E-state index in [1.165, 1.54) is 13.3 Å². The summed E-state index contributed by atoms with van der Waals surface area (Å²) in [6, 6.07) is 1.14. The Morgan fingerprint density at radius 1 is 1.37 bits per heavy atom. The highest BCUT2D eigenvalue weighted by Gasteiger charge is 2.34. The summed E-state index contributed by atoms with van der Waals surface area (Å²) in [5.41, 5.74) is 5.76. The Morgan fingerprint density at radius 3 is 2.59 bits per heavy atom. The molecule has 0 spiro atoms. The van der Waals surface area contributed by atoms with E-state index in [2.05, 4.69) is 0 Å². The maximum Gasteiger partial charge on any atom is 0.341 e. The number of nitrogens with two attached hydrogens (primary N) is 1. The van der Waals surface area contributed by atoms with Gasteiger partial charge >= 0.3 is 5.97 Å². The van der Waals surface area contributed by atoms with Gasteiger partial charge in [-0.2, -0.15) is 0 Å². The molecular formula is C19H22FN3O4. The smallest absolute Gasteiger partial charge is 0.341 e. The Labute approximate surface area is 155 Å². The average molecular weight is 375 g/mol. The summed E-state index contributed by atoms with van der Waals surface area (Å²) in [6.07, 6.45) is 3.10. The third-order valence-electron chi connectivity index (χ3n) is 5.56. The van der Waals surface area contributed by atoms with Crippen molar-refractivity contribution >= 4 is 22.6 Å². The number of carboxylic acid groups (broad SMARTS) is 1. The molecule has 0 bridgehead atoms. The molecule has 2 atom stereocenters. The molecule has 144 valence electrons. The Balaban J connectivity index is 2.04.